The molecule has 0 aliphatic carbocycles. The van der Waals surface area contributed by atoms with E-state index in [-0.39, 0.29) is 6.54 Å². The Balaban J connectivity index is 2.17. The van der Waals surface area contributed by atoms with Gasteiger partial charge in [0, 0.05) is 12.7 Å². The molecule has 0 bridgehead atoms. The summed E-state index contributed by atoms with van der Waals surface area (Å²) in [6, 6.07) is 8.00. The predicted octanol–water partition coefficient (Wildman–Crippen LogP) is 1.56. The Hall–Kier alpha value is -1.77. The SMILES string of the molecule is O=C(O)CN1C=Cc2ccccc2C1. The van der Waals surface area contributed by atoms with Gasteiger partial charge < -0.3 is 10.0 Å². The molecule has 1 N–H and O–H groups in total. The number of carboxylic acid groups (broad SMARTS) is 1. The number of rotatable bonds is 2. The number of aliphatic carboxylic acids is 1. The number of hydrogen-bond donors (Lipinski definition) is 1. The third-order valence-corrected chi connectivity index (χ3v) is 2.23. The topological polar surface area (TPSA) is 40.5 Å². The molecular formula is C11H11NO2. The largest absolute Gasteiger partial charge is 0.480 e. The Kier molecular flexibility index (Phi) is 2.23. The summed E-state index contributed by atoms with van der Waals surface area (Å²) in [7, 11) is 0. The minimum absolute atomic E-state index is 0.0604. The summed E-state index contributed by atoms with van der Waals surface area (Å²) in [5, 5.41) is 8.64. The molecule has 0 saturated heterocycles. The molecule has 3 nitrogen and oxygen atoms in total. The fourth-order valence-electron chi connectivity index (χ4n) is 1.58. The van der Waals surface area contributed by atoms with Crippen LogP contribution in [0.5, 0.6) is 0 Å². The zero-order valence-corrected chi connectivity index (χ0v) is 7.68. The summed E-state index contributed by atoms with van der Waals surface area (Å²) in [4.78, 5) is 12.3. The molecule has 1 aliphatic rings. The van der Waals surface area contributed by atoms with E-state index >= 15 is 0 Å². The summed E-state index contributed by atoms with van der Waals surface area (Å²) in [6.07, 6.45) is 3.78. The van der Waals surface area contributed by atoms with Gasteiger partial charge in [-0.15, -0.1) is 0 Å². The van der Waals surface area contributed by atoms with E-state index in [1.807, 2.05) is 36.5 Å². The maximum atomic E-state index is 10.5. The first-order valence-corrected chi connectivity index (χ1v) is 4.47. The molecule has 1 aromatic rings. The third-order valence-electron chi connectivity index (χ3n) is 2.23. The summed E-state index contributed by atoms with van der Waals surface area (Å²) in [6.45, 7) is 0.740. The molecule has 0 fully saturated rings. The van der Waals surface area contributed by atoms with Gasteiger partial charge in [-0.2, -0.15) is 0 Å². The molecule has 1 aliphatic heterocycles. The van der Waals surface area contributed by atoms with E-state index in [0.717, 1.165) is 0 Å². The number of carboxylic acids is 1. The molecular weight excluding hydrogens is 178 g/mol. The summed E-state index contributed by atoms with van der Waals surface area (Å²) in [5.41, 5.74) is 2.35. The quantitative estimate of drug-likeness (QED) is 0.767. The van der Waals surface area contributed by atoms with Crippen LogP contribution >= 0.6 is 0 Å². The molecule has 0 saturated carbocycles. The highest BCUT2D eigenvalue weighted by molar-refractivity contribution is 5.70. The van der Waals surface area contributed by atoms with Crippen molar-refractivity contribution in [1.29, 1.82) is 0 Å². The molecule has 0 radical (unpaired) electrons. The molecule has 0 unspecified atom stereocenters. The summed E-state index contributed by atoms with van der Waals surface area (Å²) >= 11 is 0. The van der Waals surface area contributed by atoms with Crippen molar-refractivity contribution >= 4 is 12.0 Å². The van der Waals surface area contributed by atoms with Gasteiger partial charge in [-0.3, -0.25) is 4.79 Å². The lowest BCUT2D eigenvalue weighted by molar-refractivity contribution is -0.137. The van der Waals surface area contributed by atoms with Crippen molar-refractivity contribution in [1.82, 2.24) is 4.90 Å². The first-order valence-electron chi connectivity index (χ1n) is 4.47. The maximum Gasteiger partial charge on any atom is 0.323 e. The highest BCUT2D eigenvalue weighted by atomic mass is 16.4. The predicted molar refractivity (Wildman–Crippen MR) is 53.5 cm³/mol. The second kappa shape index (κ2) is 3.54. The van der Waals surface area contributed by atoms with Crippen LogP contribution in [0.15, 0.2) is 30.5 Å². The first-order chi connectivity index (χ1) is 6.75. The van der Waals surface area contributed by atoms with Crippen LogP contribution in [0.2, 0.25) is 0 Å². The Morgan fingerprint density at radius 2 is 2.21 bits per heavy atom. The van der Waals surface area contributed by atoms with E-state index in [2.05, 4.69) is 0 Å². The van der Waals surface area contributed by atoms with Gasteiger partial charge in [0.2, 0.25) is 0 Å². The molecule has 14 heavy (non-hydrogen) atoms. The van der Waals surface area contributed by atoms with Crippen molar-refractivity contribution in [3.63, 3.8) is 0 Å². The van der Waals surface area contributed by atoms with Crippen molar-refractivity contribution in [2.75, 3.05) is 6.54 Å². The Morgan fingerprint density at radius 1 is 1.43 bits per heavy atom. The maximum absolute atomic E-state index is 10.5. The van der Waals surface area contributed by atoms with Gasteiger partial charge in [0.05, 0.1) is 0 Å². The van der Waals surface area contributed by atoms with E-state index in [4.69, 9.17) is 5.11 Å². The zero-order valence-electron chi connectivity index (χ0n) is 7.68. The number of nitrogens with zero attached hydrogens (tertiary/aromatic N) is 1. The van der Waals surface area contributed by atoms with Gasteiger partial charge in [-0.05, 0) is 17.2 Å². The Bertz CT molecular complexity index is 385. The van der Waals surface area contributed by atoms with Gasteiger partial charge in [-0.25, -0.2) is 0 Å². The standard InChI is InChI=1S/C11H11NO2/c13-11(14)8-12-6-5-9-3-1-2-4-10(9)7-12/h1-6H,7-8H2,(H,13,14). The third kappa shape index (κ3) is 1.76. The van der Waals surface area contributed by atoms with E-state index in [1.165, 1.54) is 11.1 Å². The lowest BCUT2D eigenvalue weighted by atomic mass is 10.0. The molecule has 0 spiro atoms. The number of benzene rings is 1. The number of carbonyl (C=O) groups is 1. The van der Waals surface area contributed by atoms with Crippen molar-refractivity contribution in [2.45, 2.75) is 6.54 Å². The Labute approximate surface area is 82.3 Å². The minimum atomic E-state index is -0.797. The van der Waals surface area contributed by atoms with E-state index in [1.54, 1.807) is 4.90 Å². The molecule has 1 aromatic carbocycles. The highest BCUT2D eigenvalue weighted by Crippen LogP contribution is 2.18. The molecule has 2 rings (SSSR count). The first kappa shape index (κ1) is 8.81. The van der Waals surface area contributed by atoms with Crippen molar-refractivity contribution in [3.05, 3.63) is 41.6 Å². The summed E-state index contributed by atoms with van der Waals surface area (Å²) in [5.74, 6) is -0.797. The molecule has 0 aromatic heterocycles. The molecule has 0 amide bonds. The molecule has 1 heterocycles. The molecule has 3 heteroatoms. The van der Waals surface area contributed by atoms with E-state index in [9.17, 15) is 4.79 Å². The minimum Gasteiger partial charge on any atom is -0.480 e. The second-order valence-corrected chi connectivity index (χ2v) is 3.31. The van der Waals surface area contributed by atoms with E-state index < -0.39 is 5.97 Å². The van der Waals surface area contributed by atoms with Crippen LogP contribution in [0.3, 0.4) is 0 Å². The average Bonchev–Trinajstić information content (AvgIpc) is 2.17. The van der Waals surface area contributed by atoms with Crippen LogP contribution in [0.1, 0.15) is 11.1 Å². The van der Waals surface area contributed by atoms with Crippen LogP contribution < -0.4 is 0 Å². The highest BCUT2D eigenvalue weighted by Gasteiger charge is 2.11. The van der Waals surface area contributed by atoms with Crippen LogP contribution in [0.4, 0.5) is 0 Å². The normalized spacial score (nSPS) is 13.9. The lowest BCUT2D eigenvalue weighted by Gasteiger charge is -2.23. The van der Waals surface area contributed by atoms with Crippen LogP contribution in [0, 0.1) is 0 Å². The Morgan fingerprint density at radius 3 is 3.00 bits per heavy atom. The van der Waals surface area contributed by atoms with Gasteiger partial charge in [0.15, 0.2) is 0 Å². The van der Waals surface area contributed by atoms with E-state index in [0.29, 0.717) is 6.54 Å². The van der Waals surface area contributed by atoms with Crippen molar-refractivity contribution in [2.24, 2.45) is 0 Å². The number of fused-ring (bicyclic) bond motifs is 1. The fourth-order valence-corrected chi connectivity index (χ4v) is 1.58. The van der Waals surface area contributed by atoms with Crippen LogP contribution in [-0.4, -0.2) is 22.5 Å². The number of hydrogen-bond acceptors (Lipinski definition) is 2. The lowest BCUT2D eigenvalue weighted by Crippen LogP contribution is -2.26. The average molecular weight is 189 g/mol. The zero-order chi connectivity index (χ0) is 9.97. The second-order valence-electron chi connectivity index (χ2n) is 3.31. The van der Waals surface area contributed by atoms with Gasteiger partial charge in [0.25, 0.3) is 0 Å². The molecule has 72 valence electrons. The fraction of sp³-hybridized carbons (Fsp3) is 0.182. The van der Waals surface area contributed by atoms with Crippen molar-refractivity contribution < 1.29 is 9.90 Å². The van der Waals surface area contributed by atoms with Crippen molar-refractivity contribution in [3.8, 4) is 0 Å². The molecule has 0 atom stereocenters. The smallest absolute Gasteiger partial charge is 0.323 e. The monoisotopic (exact) mass is 189 g/mol. The van der Waals surface area contributed by atoms with Crippen LogP contribution in [-0.2, 0) is 11.3 Å². The van der Waals surface area contributed by atoms with Gasteiger partial charge in [-0.1, -0.05) is 24.3 Å². The van der Waals surface area contributed by atoms with Gasteiger partial charge in [0.1, 0.15) is 6.54 Å². The van der Waals surface area contributed by atoms with Gasteiger partial charge >= 0.3 is 5.97 Å². The van der Waals surface area contributed by atoms with Crippen LogP contribution in [0.25, 0.3) is 6.08 Å². The summed E-state index contributed by atoms with van der Waals surface area (Å²) < 4.78 is 0.